The molecule has 0 saturated carbocycles. The molecule has 0 radical (unpaired) electrons. The normalized spacial score (nSPS) is 11.5. The van der Waals surface area contributed by atoms with Crippen LogP contribution in [0.1, 0.15) is 5.56 Å². The van der Waals surface area contributed by atoms with Gasteiger partial charge in [-0.2, -0.15) is 13.2 Å². The fraction of sp³-hybridized carbons (Fsp3) is 0.125. The van der Waals surface area contributed by atoms with E-state index in [2.05, 4.69) is 15.3 Å². The van der Waals surface area contributed by atoms with E-state index in [0.717, 1.165) is 29.4 Å². The number of aromatic nitrogens is 2. The molecule has 0 spiro atoms. The maximum atomic E-state index is 12.7. The fourth-order valence-electron chi connectivity index (χ4n) is 2.28. The average molecular weight is 396 g/mol. The summed E-state index contributed by atoms with van der Waals surface area (Å²) in [5.74, 6) is -0.527. The number of imidazole rings is 1. The number of nitro benzene ring substituents is 1. The van der Waals surface area contributed by atoms with Crippen molar-refractivity contribution in [3.05, 3.63) is 58.1 Å². The number of aromatic amines is 1. The molecule has 7 nitrogen and oxygen atoms in total. The molecule has 1 amide bonds. The lowest BCUT2D eigenvalue weighted by molar-refractivity contribution is -0.388. The largest absolute Gasteiger partial charge is 0.416 e. The molecule has 0 atom stereocenters. The van der Waals surface area contributed by atoms with Crippen LogP contribution in [0.4, 0.5) is 24.8 Å². The number of halogens is 3. The highest BCUT2D eigenvalue weighted by Gasteiger charge is 2.33. The van der Waals surface area contributed by atoms with Crippen molar-refractivity contribution in [2.45, 2.75) is 11.1 Å². The van der Waals surface area contributed by atoms with Crippen LogP contribution in [0.3, 0.4) is 0 Å². The van der Waals surface area contributed by atoms with E-state index in [4.69, 9.17) is 0 Å². The first-order chi connectivity index (χ1) is 12.7. The molecule has 0 aliphatic heterocycles. The van der Waals surface area contributed by atoms with Crippen LogP contribution in [-0.4, -0.2) is 26.6 Å². The molecule has 0 unspecified atom stereocenters. The van der Waals surface area contributed by atoms with Crippen LogP contribution in [0.2, 0.25) is 0 Å². The number of benzene rings is 2. The number of H-pyrrole nitrogens is 1. The third-order valence-electron chi connectivity index (χ3n) is 3.49. The first-order valence-electron chi connectivity index (χ1n) is 7.47. The molecule has 0 saturated heterocycles. The van der Waals surface area contributed by atoms with Crippen molar-refractivity contribution in [1.29, 1.82) is 0 Å². The Morgan fingerprint density at radius 1 is 1.26 bits per heavy atom. The average Bonchev–Trinajstić information content (AvgIpc) is 3.01. The van der Waals surface area contributed by atoms with Gasteiger partial charge in [-0.1, -0.05) is 12.1 Å². The number of thioether (sulfide) groups is 1. The zero-order chi connectivity index (χ0) is 19.6. The number of hydrogen-bond donors (Lipinski definition) is 2. The zero-order valence-corrected chi connectivity index (χ0v) is 14.2. The van der Waals surface area contributed by atoms with Crippen molar-refractivity contribution >= 4 is 40.3 Å². The number of nitrogens with one attached hydrogen (secondary N) is 2. The van der Waals surface area contributed by atoms with Crippen molar-refractivity contribution in [2.24, 2.45) is 0 Å². The molecule has 1 aromatic heterocycles. The predicted molar refractivity (Wildman–Crippen MR) is 93.5 cm³/mol. The lowest BCUT2D eigenvalue weighted by atomic mass is 10.2. The van der Waals surface area contributed by atoms with Gasteiger partial charge < -0.3 is 4.98 Å². The van der Waals surface area contributed by atoms with Crippen LogP contribution in [0.15, 0.2) is 47.4 Å². The van der Waals surface area contributed by atoms with Gasteiger partial charge in [0, 0.05) is 6.07 Å². The Kier molecular flexibility index (Phi) is 5.04. The van der Waals surface area contributed by atoms with E-state index < -0.39 is 28.3 Å². The highest BCUT2D eigenvalue weighted by atomic mass is 32.2. The second-order valence-corrected chi connectivity index (χ2v) is 6.39. The third kappa shape index (κ3) is 4.37. The number of nitro groups is 1. The molecule has 0 fully saturated rings. The third-order valence-corrected chi connectivity index (χ3v) is 4.55. The number of carbonyl (C=O) groups is 1. The van der Waals surface area contributed by atoms with Crippen molar-refractivity contribution in [1.82, 2.24) is 9.97 Å². The highest BCUT2D eigenvalue weighted by molar-refractivity contribution is 8.00. The number of nitrogens with zero attached hydrogens (tertiary/aromatic N) is 2. The van der Waals surface area contributed by atoms with Crippen molar-refractivity contribution in [2.75, 3.05) is 11.1 Å². The number of para-hydroxylation sites is 2. The summed E-state index contributed by atoms with van der Waals surface area (Å²) in [5.41, 5.74) is -0.450. The lowest BCUT2D eigenvalue weighted by Gasteiger charge is -2.08. The number of rotatable bonds is 5. The van der Waals surface area contributed by atoms with E-state index in [1.165, 1.54) is 0 Å². The summed E-state index contributed by atoms with van der Waals surface area (Å²) in [6, 6.07) is 9.30. The van der Waals surface area contributed by atoms with Gasteiger partial charge in [-0.3, -0.25) is 20.2 Å². The van der Waals surface area contributed by atoms with Gasteiger partial charge in [0.15, 0.2) is 0 Å². The SMILES string of the molecule is O=C(CSc1ccc(C(F)(F)F)cc1[N+](=O)[O-])Nc1nc2ccccc2[nH]1. The summed E-state index contributed by atoms with van der Waals surface area (Å²) in [7, 11) is 0. The molecule has 27 heavy (non-hydrogen) atoms. The maximum Gasteiger partial charge on any atom is 0.416 e. The molecule has 1 heterocycles. The summed E-state index contributed by atoms with van der Waals surface area (Å²) in [5, 5.41) is 13.6. The Morgan fingerprint density at radius 2 is 2.00 bits per heavy atom. The summed E-state index contributed by atoms with van der Waals surface area (Å²) in [6.07, 6.45) is -4.69. The van der Waals surface area contributed by atoms with E-state index in [1.807, 2.05) is 0 Å². The molecule has 11 heteroatoms. The number of amides is 1. The molecule has 2 N–H and O–H groups in total. The molecular formula is C16H11F3N4O3S. The van der Waals surface area contributed by atoms with E-state index in [-0.39, 0.29) is 16.6 Å². The minimum atomic E-state index is -4.69. The number of alkyl halides is 3. The van der Waals surface area contributed by atoms with Crippen LogP contribution >= 0.6 is 11.8 Å². The molecule has 3 aromatic rings. The number of fused-ring (bicyclic) bond motifs is 1. The van der Waals surface area contributed by atoms with Gasteiger partial charge in [0.05, 0.1) is 32.2 Å². The van der Waals surface area contributed by atoms with E-state index in [0.29, 0.717) is 11.6 Å². The van der Waals surface area contributed by atoms with Gasteiger partial charge in [0.25, 0.3) is 5.69 Å². The van der Waals surface area contributed by atoms with Gasteiger partial charge in [0.2, 0.25) is 11.9 Å². The van der Waals surface area contributed by atoms with Gasteiger partial charge in [-0.05, 0) is 24.3 Å². The van der Waals surface area contributed by atoms with E-state index >= 15 is 0 Å². The zero-order valence-electron chi connectivity index (χ0n) is 13.4. The van der Waals surface area contributed by atoms with Gasteiger partial charge in [0.1, 0.15) is 0 Å². The minimum absolute atomic E-state index is 0.0345. The monoisotopic (exact) mass is 396 g/mol. The molecule has 2 aromatic carbocycles. The Labute approximate surface area is 154 Å². The van der Waals surface area contributed by atoms with Crippen LogP contribution in [0, 0.1) is 10.1 Å². The highest BCUT2D eigenvalue weighted by Crippen LogP contribution is 2.36. The first kappa shape index (κ1) is 18.7. The Balaban J connectivity index is 1.70. The Hall–Kier alpha value is -3.08. The fourth-order valence-corrected chi connectivity index (χ4v) is 3.09. The topological polar surface area (TPSA) is 101 Å². The quantitative estimate of drug-likeness (QED) is 0.382. The number of hydrogen-bond acceptors (Lipinski definition) is 5. The molecule has 0 bridgehead atoms. The van der Waals surface area contributed by atoms with Crippen molar-refractivity contribution in [3.8, 4) is 0 Å². The Bertz CT molecular complexity index is 987. The van der Waals surface area contributed by atoms with E-state index in [9.17, 15) is 28.1 Å². The van der Waals surface area contributed by atoms with Gasteiger partial charge >= 0.3 is 6.18 Å². The Morgan fingerprint density at radius 3 is 2.67 bits per heavy atom. The van der Waals surface area contributed by atoms with Crippen LogP contribution < -0.4 is 5.32 Å². The second kappa shape index (κ2) is 7.27. The van der Waals surface area contributed by atoms with Gasteiger partial charge in [-0.25, -0.2) is 4.98 Å². The van der Waals surface area contributed by atoms with Crippen LogP contribution in [0.5, 0.6) is 0 Å². The molecule has 140 valence electrons. The first-order valence-corrected chi connectivity index (χ1v) is 8.45. The summed E-state index contributed by atoms with van der Waals surface area (Å²) >= 11 is 0.766. The van der Waals surface area contributed by atoms with Crippen LogP contribution in [0.25, 0.3) is 11.0 Å². The molecule has 0 aliphatic carbocycles. The molecule has 0 aliphatic rings. The lowest BCUT2D eigenvalue weighted by Crippen LogP contribution is -2.15. The summed E-state index contributed by atoms with van der Waals surface area (Å²) in [4.78, 5) is 29.2. The maximum absolute atomic E-state index is 12.7. The van der Waals surface area contributed by atoms with Crippen molar-refractivity contribution < 1.29 is 22.9 Å². The van der Waals surface area contributed by atoms with Crippen molar-refractivity contribution in [3.63, 3.8) is 0 Å². The predicted octanol–water partition coefficient (Wildman–Crippen LogP) is 4.22. The molecular weight excluding hydrogens is 385 g/mol. The minimum Gasteiger partial charge on any atom is -0.324 e. The summed E-state index contributed by atoms with van der Waals surface area (Å²) < 4.78 is 38.1. The van der Waals surface area contributed by atoms with Gasteiger partial charge in [-0.15, -0.1) is 11.8 Å². The van der Waals surface area contributed by atoms with Crippen LogP contribution in [-0.2, 0) is 11.0 Å². The molecule has 3 rings (SSSR count). The number of anilines is 1. The summed E-state index contributed by atoms with van der Waals surface area (Å²) in [6.45, 7) is 0. The second-order valence-electron chi connectivity index (χ2n) is 5.38. The number of carbonyl (C=O) groups excluding carboxylic acids is 1. The standard InChI is InChI=1S/C16H11F3N4O3S/c17-16(18,19)9-5-6-13(12(7-9)23(25)26)27-8-14(24)22-15-20-10-3-1-2-4-11(10)21-15/h1-7H,8H2,(H2,20,21,22,24). The van der Waals surface area contributed by atoms with E-state index in [1.54, 1.807) is 24.3 Å². The smallest absolute Gasteiger partial charge is 0.324 e.